The van der Waals surface area contributed by atoms with E-state index in [1.54, 1.807) is 26.5 Å². The third-order valence-corrected chi connectivity index (χ3v) is 5.11. The van der Waals surface area contributed by atoms with E-state index in [4.69, 9.17) is 4.74 Å². The summed E-state index contributed by atoms with van der Waals surface area (Å²) >= 11 is 0. The van der Waals surface area contributed by atoms with Gasteiger partial charge >= 0.3 is 6.09 Å². The Morgan fingerprint density at radius 2 is 2.00 bits per heavy atom. The van der Waals surface area contributed by atoms with Gasteiger partial charge in [-0.25, -0.2) is 9.31 Å². The molecule has 164 valence electrons. The normalized spacial score (nSPS) is 14.6. The minimum absolute atomic E-state index is 0.306. The summed E-state index contributed by atoms with van der Waals surface area (Å²) < 4.78 is 8.98. The van der Waals surface area contributed by atoms with Crippen LogP contribution in [0.2, 0.25) is 0 Å². The molecule has 0 N–H and O–H groups in total. The second-order valence-electron chi connectivity index (χ2n) is 8.85. The summed E-state index contributed by atoms with van der Waals surface area (Å²) in [6.07, 6.45) is 13.8. The Hall–Kier alpha value is -3.86. The minimum atomic E-state index is -0.526. The maximum atomic E-state index is 12.5. The molecule has 0 radical (unpaired) electrons. The van der Waals surface area contributed by atoms with Crippen LogP contribution in [0.4, 0.5) is 4.79 Å². The number of nitrogens with zero attached hydrogens (tertiary/aromatic N) is 6. The van der Waals surface area contributed by atoms with Gasteiger partial charge in [0.1, 0.15) is 11.7 Å². The molecule has 4 heterocycles. The lowest BCUT2D eigenvalue weighted by atomic mass is 10.0. The van der Waals surface area contributed by atoms with Crippen molar-refractivity contribution in [2.24, 2.45) is 7.05 Å². The summed E-state index contributed by atoms with van der Waals surface area (Å²) in [6, 6.07) is 4.25. The van der Waals surface area contributed by atoms with E-state index in [1.165, 1.54) is 0 Å². The van der Waals surface area contributed by atoms with Gasteiger partial charge in [0.05, 0.1) is 23.5 Å². The Morgan fingerprint density at radius 1 is 1.19 bits per heavy atom. The molecule has 1 aliphatic rings. The van der Waals surface area contributed by atoms with Crippen molar-refractivity contribution in [3.05, 3.63) is 59.7 Å². The van der Waals surface area contributed by atoms with Crippen molar-refractivity contribution in [2.45, 2.75) is 32.8 Å². The highest BCUT2D eigenvalue weighted by Gasteiger charge is 2.23. The maximum absolute atomic E-state index is 12.5. The van der Waals surface area contributed by atoms with Gasteiger partial charge in [-0.1, -0.05) is 18.2 Å². The zero-order chi connectivity index (χ0) is 22.9. The largest absolute Gasteiger partial charge is 0.444 e. The topological polar surface area (TPSA) is 88.5 Å². The molecule has 0 bridgehead atoms. The van der Waals surface area contributed by atoms with Crippen molar-refractivity contribution in [2.75, 3.05) is 13.1 Å². The van der Waals surface area contributed by atoms with E-state index in [2.05, 4.69) is 22.3 Å². The van der Waals surface area contributed by atoms with Crippen molar-refractivity contribution >= 4 is 17.7 Å². The van der Waals surface area contributed by atoms with E-state index in [9.17, 15) is 10.1 Å². The van der Waals surface area contributed by atoms with Crippen LogP contribution in [0.25, 0.3) is 22.7 Å². The number of ether oxygens (including phenoxy) is 1. The average Bonchev–Trinajstić information content (AvgIpc) is 3.37. The van der Waals surface area contributed by atoms with Crippen molar-refractivity contribution < 1.29 is 9.53 Å². The van der Waals surface area contributed by atoms with Crippen LogP contribution in [-0.4, -0.2) is 49.1 Å². The summed E-state index contributed by atoms with van der Waals surface area (Å²) in [5.41, 5.74) is 4.53. The molecular weight excluding hydrogens is 404 g/mol. The fourth-order valence-corrected chi connectivity index (χ4v) is 3.66. The van der Waals surface area contributed by atoms with Crippen molar-refractivity contribution in [3.8, 4) is 17.2 Å². The Labute approximate surface area is 187 Å². The minimum Gasteiger partial charge on any atom is -0.444 e. The monoisotopic (exact) mass is 430 g/mol. The molecule has 1 aliphatic heterocycles. The van der Waals surface area contributed by atoms with Gasteiger partial charge < -0.3 is 9.64 Å². The number of carbonyl (C=O) groups excluding carboxylic acids is 1. The highest BCUT2D eigenvalue weighted by Crippen LogP contribution is 2.26. The van der Waals surface area contributed by atoms with E-state index in [0.717, 1.165) is 34.2 Å². The summed E-state index contributed by atoms with van der Waals surface area (Å²) in [6.45, 7) is 6.71. The first-order valence-electron chi connectivity index (χ1n) is 10.5. The van der Waals surface area contributed by atoms with E-state index in [1.807, 2.05) is 58.4 Å². The molecule has 0 saturated heterocycles. The van der Waals surface area contributed by atoms with Crippen LogP contribution in [-0.2, 0) is 11.8 Å². The molecule has 8 heteroatoms. The van der Waals surface area contributed by atoms with Gasteiger partial charge in [0.25, 0.3) is 0 Å². The van der Waals surface area contributed by atoms with Crippen LogP contribution >= 0.6 is 0 Å². The highest BCUT2D eigenvalue weighted by molar-refractivity contribution is 5.80. The standard InChI is InChI=1S/C24H26N6O2/c1-24(2,3)32-23(31)29-9-5-6-17(14-29)7-8-18-10-19(21-13-26-28(4)15-21)16-30-22(18)20(11-25)12-27-30/h6-8,10,12-13,15-16H,5,9,14H2,1-4H3/b8-7+. The number of hydrogen-bond acceptors (Lipinski definition) is 5. The molecule has 0 aliphatic carbocycles. The van der Waals surface area contributed by atoms with Crippen LogP contribution in [0.5, 0.6) is 0 Å². The maximum Gasteiger partial charge on any atom is 0.410 e. The predicted molar refractivity (Wildman–Crippen MR) is 122 cm³/mol. The molecule has 8 nitrogen and oxygen atoms in total. The molecule has 0 aromatic carbocycles. The third-order valence-electron chi connectivity index (χ3n) is 5.11. The van der Waals surface area contributed by atoms with Crippen LogP contribution in [0.15, 0.2) is 48.6 Å². The first-order valence-corrected chi connectivity index (χ1v) is 10.5. The molecule has 32 heavy (non-hydrogen) atoms. The zero-order valence-corrected chi connectivity index (χ0v) is 18.7. The third kappa shape index (κ3) is 4.57. The van der Waals surface area contributed by atoms with Gasteiger partial charge in [0.2, 0.25) is 0 Å². The lowest BCUT2D eigenvalue weighted by Gasteiger charge is -2.29. The highest BCUT2D eigenvalue weighted by atomic mass is 16.6. The van der Waals surface area contributed by atoms with Gasteiger partial charge in [-0.2, -0.15) is 15.5 Å². The number of fused-ring (bicyclic) bond motifs is 1. The van der Waals surface area contributed by atoms with Gasteiger partial charge in [-0.3, -0.25) is 4.68 Å². The van der Waals surface area contributed by atoms with Gasteiger partial charge in [-0.05, 0) is 38.8 Å². The number of aromatic nitrogens is 4. The van der Waals surface area contributed by atoms with E-state index in [0.29, 0.717) is 18.7 Å². The average molecular weight is 431 g/mol. The lowest BCUT2D eigenvalue weighted by Crippen LogP contribution is -2.39. The van der Waals surface area contributed by atoms with Crippen LogP contribution < -0.4 is 0 Å². The summed E-state index contributed by atoms with van der Waals surface area (Å²) in [5.74, 6) is 0. The van der Waals surface area contributed by atoms with E-state index >= 15 is 0 Å². The number of hydrogen-bond donors (Lipinski definition) is 0. The van der Waals surface area contributed by atoms with Crippen LogP contribution in [0.1, 0.15) is 38.3 Å². The number of pyridine rings is 1. The summed E-state index contributed by atoms with van der Waals surface area (Å²) in [5, 5.41) is 18.1. The molecule has 3 aromatic heterocycles. The molecule has 0 spiro atoms. The number of nitriles is 1. The smallest absolute Gasteiger partial charge is 0.410 e. The molecule has 0 atom stereocenters. The number of amides is 1. The van der Waals surface area contributed by atoms with Crippen molar-refractivity contribution in [3.63, 3.8) is 0 Å². The second kappa shape index (κ2) is 8.35. The second-order valence-corrected chi connectivity index (χ2v) is 8.85. The van der Waals surface area contributed by atoms with Crippen molar-refractivity contribution in [1.82, 2.24) is 24.3 Å². The SMILES string of the molecule is Cn1cc(-c2cc(/C=C/C3=CCCN(C(=O)OC(C)(C)C)C3)c3c(C#N)cnn3c2)cn1. The molecule has 0 fully saturated rings. The Bertz CT molecular complexity index is 1270. The Kier molecular flexibility index (Phi) is 5.57. The first kappa shape index (κ1) is 21.4. The van der Waals surface area contributed by atoms with Gasteiger partial charge in [0, 0.05) is 49.2 Å². The van der Waals surface area contributed by atoms with Gasteiger partial charge in [0.15, 0.2) is 0 Å². The van der Waals surface area contributed by atoms with Crippen molar-refractivity contribution in [1.29, 1.82) is 5.26 Å². The quantitative estimate of drug-likeness (QED) is 0.622. The van der Waals surface area contributed by atoms with E-state index in [-0.39, 0.29) is 6.09 Å². The van der Waals surface area contributed by atoms with Crippen LogP contribution in [0, 0.1) is 11.3 Å². The molecular formula is C24H26N6O2. The zero-order valence-electron chi connectivity index (χ0n) is 18.7. The Balaban J connectivity index is 1.64. The number of carbonyl (C=O) groups is 1. The lowest BCUT2D eigenvalue weighted by molar-refractivity contribution is 0.0264. The number of aryl methyl sites for hydroxylation is 1. The first-order chi connectivity index (χ1) is 15.2. The molecule has 3 aromatic rings. The van der Waals surface area contributed by atoms with Crippen LogP contribution in [0.3, 0.4) is 0 Å². The Morgan fingerprint density at radius 3 is 2.69 bits per heavy atom. The fraction of sp³-hybridized carbons (Fsp3) is 0.333. The van der Waals surface area contributed by atoms with E-state index < -0.39 is 5.60 Å². The summed E-state index contributed by atoms with van der Waals surface area (Å²) in [7, 11) is 1.87. The molecule has 4 rings (SSSR count). The number of rotatable bonds is 3. The molecule has 1 amide bonds. The van der Waals surface area contributed by atoms with Gasteiger partial charge in [-0.15, -0.1) is 0 Å². The predicted octanol–water partition coefficient (Wildman–Crippen LogP) is 4.19. The summed E-state index contributed by atoms with van der Waals surface area (Å²) in [4.78, 5) is 14.2. The molecule has 0 saturated carbocycles. The molecule has 0 unspecified atom stereocenters. The fourth-order valence-electron chi connectivity index (χ4n) is 3.66.